The molecule has 1 fully saturated rings. The lowest BCUT2D eigenvalue weighted by Crippen LogP contribution is -2.48. The number of hydrogen-bond acceptors (Lipinski definition) is 4. The summed E-state index contributed by atoms with van der Waals surface area (Å²) < 4.78 is 11.0. The van der Waals surface area contributed by atoms with Gasteiger partial charge in [0.05, 0.1) is 20.1 Å². The van der Waals surface area contributed by atoms with Gasteiger partial charge in [-0.25, -0.2) is 5.01 Å². The van der Waals surface area contributed by atoms with Crippen LogP contribution in [0, 0.1) is 0 Å². The van der Waals surface area contributed by atoms with E-state index in [0.717, 1.165) is 55.0 Å². The summed E-state index contributed by atoms with van der Waals surface area (Å²) in [6.45, 7) is 1.77. The molecule has 0 bridgehead atoms. The molecule has 1 N–H and O–H groups in total. The summed E-state index contributed by atoms with van der Waals surface area (Å²) in [6.07, 6.45) is 3.90. The third-order valence-corrected chi connectivity index (χ3v) is 6.02. The Labute approximate surface area is 166 Å². The fraction of sp³-hybridized carbons (Fsp3) is 0.435. The normalized spacial score (nSPS) is 21.8. The average molecular weight is 380 g/mol. The second-order valence-corrected chi connectivity index (χ2v) is 7.63. The van der Waals surface area contributed by atoms with Gasteiger partial charge in [0.2, 0.25) is 5.91 Å². The van der Waals surface area contributed by atoms with Gasteiger partial charge in [-0.2, -0.15) is 0 Å². The van der Waals surface area contributed by atoms with Gasteiger partial charge in [0, 0.05) is 18.7 Å². The Balaban J connectivity index is 1.45. The molecular formula is C23H28N2O3. The SMILES string of the molecule is COc1ccc2c(c1OC)CCC2C(=O)NN1CCCC(c2ccccc2)C1. The topological polar surface area (TPSA) is 50.8 Å². The molecule has 4 rings (SSSR count). The van der Waals surface area contributed by atoms with Crippen LogP contribution in [0.1, 0.15) is 47.8 Å². The lowest BCUT2D eigenvalue weighted by Gasteiger charge is -2.33. The second kappa shape index (κ2) is 8.23. The van der Waals surface area contributed by atoms with Crippen molar-refractivity contribution in [3.05, 3.63) is 59.2 Å². The minimum atomic E-state index is -0.132. The van der Waals surface area contributed by atoms with Gasteiger partial charge in [0.25, 0.3) is 0 Å². The number of nitrogens with one attached hydrogen (secondary N) is 1. The van der Waals surface area contributed by atoms with Crippen LogP contribution in [0.4, 0.5) is 0 Å². The Hall–Kier alpha value is -2.53. The zero-order valence-corrected chi connectivity index (χ0v) is 16.6. The number of nitrogens with zero attached hydrogens (tertiary/aromatic N) is 1. The third-order valence-electron chi connectivity index (χ3n) is 6.02. The zero-order chi connectivity index (χ0) is 19.5. The predicted octanol–water partition coefficient (Wildman–Crippen LogP) is 3.64. The number of amides is 1. The Morgan fingerprint density at radius 1 is 1.07 bits per heavy atom. The Morgan fingerprint density at radius 3 is 2.64 bits per heavy atom. The molecule has 148 valence electrons. The molecule has 1 amide bonds. The molecule has 2 unspecified atom stereocenters. The summed E-state index contributed by atoms with van der Waals surface area (Å²) in [7, 11) is 3.30. The van der Waals surface area contributed by atoms with E-state index in [2.05, 4.69) is 34.7 Å². The van der Waals surface area contributed by atoms with Crippen molar-refractivity contribution in [2.24, 2.45) is 0 Å². The second-order valence-electron chi connectivity index (χ2n) is 7.63. The van der Waals surface area contributed by atoms with Crippen LogP contribution in [0.15, 0.2) is 42.5 Å². The number of ether oxygens (including phenoxy) is 2. The quantitative estimate of drug-likeness (QED) is 0.860. The highest BCUT2D eigenvalue weighted by Crippen LogP contribution is 2.43. The molecule has 1 saturated heterocycles. The van der Waals surface area contributed by atoms with Crippen molar-refractivity contribution in [2.75, 3.05) is 27.3 Å². The van der Waals surface area contributed by atoms with Gasteiger partial charge in [0.1, 0.15) is 0 Å². The van der Waals surface area contributed by atoms with Gasteiger partial charge in [-0.1, -0.05) is 36.4 Å². The number of rotatable bonds is 5. The molecular weight excluding hydrogens is 352 g/mol. The van der Waals surface area contributed by atoms with Crippen LogP contribution in [-0.4, -0.2) is 38.2 Å². The maximum atomic E-state index is 13.0. The van der Waals surface area contributed by atoms with Crippen molar-refractivity contribution in [2.45, 2.75) is 37.5 Å². The Morgan fingerprint density at radius 2 is 1.89 bits per heavy atom. The van der Waals surface area contributed by atoms with Crippen LogP contribution in [0.2, 0.25) is 0 Å². The highest BCUT2D eigenvalue weighted by atomic mass is 16.5. The standard InChI is InChI=1S/C23H28N2O3/c1-27-21-13-12-18-19(22(21)28-2)10-11-20(18)23(26)24-25-14-6-9-17(15-25)16-7-4-3-5-8-16/h3-5,7-8,12-13,17,20H,6,9-11,14-15H2,1-2H3,(H,24,26). The highest BCUT2D eigenvalue weighted by molar-refractivity contribution is 5.85. The summed E-state index contributed by atoms with van der Waals surface area (Å²) in [5.41, 5.74) is 6.70. The smallest absolute Gasteiger partial charge is 0.241 e. The first-order valence-electron chi connectivity index (χ1n) is 10.1. The van der Waals surface area contributed by atoms with E-state index in [9.17, 15) is 4.79 Å². The van der Waals surface area contributed by atoms with Crippen LogP contribution >= 0.6 is 0 Å². The molecule has 5 heteroatoms. The number of piperidine rings is 1. The minimum Gasteiger partial charge on any atom is -0.493 e. The summed E-state index contributed by atoms with van der Waals surface area (Å²) >= 11 is 0. The molecule has 0 saturated carbocycles. The zero-order valence-electron chi connectivity index (χ0n) is 16.6. The van der Waals surface area contributed by atoms with Crippen molar-refractivity contribution in [3.63, 3.8) is 0 Å². The number of fused-ring (bicyclic) bond motifs is 1. The molecule has 28 heavy (non-hydrogen) atoms. The Bertz CT molecular complexity index is 837. The maximum Gasteiger partial charge on any atom is 0.241 e. The molecule has 0 radical (unpaired) electrons. The fourth-order valence-electron chi connectivity index (χ4n) is 4.62. The third kappa shape index (κ3) is 3.59. The van der Waals surface area contributed by atoms with Gasteiger partial charge < -0.3 is 9.47 Å². The van der Waals surface area contributed by atoms with Gasteiger partial charge in [-0.3, -0.25) is 10.2 Å². The van der Waals surface area contributed by atoms with Gasteiger partial charge in [0.15, 0.2) is 11.5 Å². The molecule has 0 spiro atoms. The summed E-state index contributed by atoms with van der Waals surface area (Å²) in [5, 5.41) is 2.10. The molecule has 1 aliphatic carbocycles. The van der Waals surface area contributed by atoms with Crippen molar-refractivity contribution in [1.29, 1.82) is 0 Å². The van der Waals surface area contributed by atoms with Crippen LogP contribution in [-0.2, 0) is 11.2 Å². The number of benzene rings is 2. The monoisotopic (exact) mass is 380 g/mol. The molecule has 5 nitrogen and oxygen atoms in total. The first-order valence-corrected chi connectivity index (χ1v) is 10.1. The van der Waals surface area contributed by atoms with E-state index < -0.39 is 0 Å². The van der Waals surface area contributed by atoms with E-state index in [1.54, 1.807) is 14.2 Å². The first-order chi connectivity index (χ1) is 13.7. The first kappa shape index (κ1) is 18.8. The van der Waals surface area contributed by atoms with E-state index in [-0.39, 0.29) is 11.8 Å². The summed E-state index contributed by atoms with van der Waals surface area (Å²) in [4.78, 5) is 13.0. The number of hydrazine groups is 1. The molecule has 1 heterocycles. The predicted molar refractivity (Wildman–Crippen MR) is 109 cm³/mol. The largest absolute Gasteiger partial charge is 0.493 e. The maximum absolute atomic E-state index is 13.0. The number of methoxy groups -OCH3 is 2. The minimum absolute atomic E-state index is 0.0830. The van der Waals surface area contributed by atoms with Gasteiger partial charge >= 0.3 is 0 Å². The van der Waals surface area contributed by atoms with Crippen LogP contribution in [0.5, 0.6) is 11.5 Å². The van der Waals surface area contributed by atoms with Crippen LogP contribution < -0.4 is 14.9 Å². The van der Waals surface area contributed by atoms with Gasteiger partial charge in [-0.15, -0.1) is 0 Å². The van der Waals surface area contributed by atoms with E-state index in [1.165, 1.54) is 12.0 Å². The van der Waals surface area contributed by atoms with Gasteiger partial charge in [-0.05, 0) is 48.8 Å². The number of hydrogen-bond donors (Lipinski definition) is 1. The molecule has 2 atom stereocenters. The van der Waals surface area contributed by atoms with Crippen LogP contribution in [0.3, 0.4) is 0 Å². The number of carbonyl (C=O) groups is 1. The summed E-state index contributed by atoms with van der Waals surface area (Å²) in [5.74, 6) is 1.91. The average Bonchev–Trinajstić information content (AvgIpc) is 3.18. The highest BCUT2D eigenvalue weighted by Gasteiger charge is 2.33. The van der Waals surface area contributed by atoms with Crippen LogP contribution in [0.25, 0.3) is 0 Å². The molecule has 1 aliphatic heterocycles. The van der Waals surface area contributed by atoms with E-state index in [4.69, 9.17) is 9.47 Å². The molecule has 0 aromatic heterocycles. The van der Waals surface area contributed by atoms with Crippen molar-refractivity contribution >= 4 is 5.91 Å². The van der Waals surface area contributed by atoms with E-state index >= 15 is 0 Å². The van der Waals surface area contributed by atoms with Crippen molar-refractivity contribution in [1.82, 2.24) is 10.4 Å². The van der Waals surface area contributed by atoms with Crippen molar-refractivity contribution < 1.29 is 14.3 Å². The van der Waals surface area contributed by atoms with Crippen molar-refractivity contribution in [3.8, 4) is 11.5 Å². The number of carbonyl (C=O) groups excluding carboxylic acids is 1. The molecule has 2 aromatic carbocycles. The van der Waals surface area contributed by atoms with E-state index in [1.807, 2.05) is 18.2 Å². The molecule has 2 aliphatic rings. The Kier molecular flexibility index (Phi) is 5.53. The van der Waals surface area contributed by atoms with E-state index in [0.29, 0.717) is 5.92 Å². The fourth-order valence-corrected chi connectivity index (χ4v) is 4.62. The summed E-state index contributed by atoms with van der Waals surface area (Å²) in [6, 6.07) is 14.5. The lowest BCUT2D eigenvalue weighted by molar-refractivity contribution is -0.128. The lowest BCUT2D eigenvalue weighted by atomic mass is 9.91. The molecule has 2 aromatic rings.